The summed E-state index contributed by atoms with van der Waals surface area (Å²) in [4.78, 5) is 3.57. The summed E-state index contributed by atoms with van der Waals surface area (Å²) in [5.74, 6) is -0.301. The number of hydrogen-bond acceptors (Lipinski definition) is 0. The maximum atomic E-state index is 13.6. The van der Waals surface area contributed by atoms with E-state index in [0.717, 1.165) is 18.4 Å². The van der Waals surface area contributed by atoms with E-state index in [-0.39, 0.29) is 11.2 Å². The fourth-order valence-corrected chi connectivity index (χ4v) is 1.90. The monoisotopic (exact) mass is 223 g/mol. The standard InChI is InChI=1S/C12H11ClFN/c1-8(13)10-4-3-9(7-11(10)14)12(15-2)5-6-12/h3-4,7-8H,5-6H2,1H3. The molecule has 1 unspecified atom stereocenters. The zero-order valence-corrected chi connectivity index (χ0v) is 9.18. The number of benzene rings is 1. The molecule has 0 bridgehead atoms. The Kier molecular flexibility index (Phi) is 2.44. The zero-order chi connectivity index (χ0) is 11.1. The van der Waals surface area contributed by atoms with Gasteiger partial charge < -0.3 is 4.85 Å². The Bertz CT molecular complexity index is 430. The van der Waals surface area contributed by atoms with Crippen molar-refractivity contribution in [3.63, 3.8) is 0 Å². The van der Waals surface area contributed by atoms with E-state index in [0.29, 0.717) is 5.56 Å². The van der Waals surface area contributed by atoms with Crippen LogP contribution in [0.5, 0.6) is 0 Å². The molecule has 0 aliphatic heterocycles. The molecule has 1 nitrogen and oxygen atoms in total. The molecule has 1 aromatic rings. The van der Waals surface area contributed by atoms with Crippen LogP contribution in [0.25, 0.3) is 4.85 Å². The SMILES string of the molecule is [C-]#[N+]C1(c2ccc(C(C)Cl)c(F)c2)CC1. The number of hydrogen-bond donors (Lipinski definition) is 0. The predicted molar refractivity (Wildman–Crippen MR) is 58.2 cm³/mol. The fraction of sp³-hybridized carbons (Fsp3) is 0.417. The van der Waals surface area contributed by atoms with E-state index in [1.54, 1.807) is 13.0 Å². The molecular weight excluding hydrogens is 213 g/mol. The second-order valence-corrected chi connectivity index (χ2v) is 4.65. The highest BCUT2D eigenvalue weighted by Gasteiger charge is 2.52. The van der Waals surface area contributed by atoms with Gasteiger partial charge >= 0.3 is 0 Å². The van der Waals surface area contributed by atoms with E-state index in [1.807, 2.05) is 6.07 Å². The molecule has 1 saturated carbocycles. The molecule has 15 heavy (non-hydrogen) atoms. The van der Waals surface area contributed by atoms with Crippen LogP contribution >= 0.6 is 11.6 Å². The van der Waals surface area contributed by atoms with Crippen molar-refractivity contribution in [2.45, 2.75) is 30.7 Å². The molecule has 1 aliphatic carbocycles. The lowest BCUT2D eigenvalue weighted by Crippen LogP contribution is -2.02. The van der Waals surface area contributed by atoms with Crippen molar-refractivity contribution in [2.75, 3.05) is 0 Å². The van der Waals surface area contributed by atoms with Crippen LogP contribution in [0.15, 0.2) is 18.2 Å². The summed E-state index contributed by atoms with van der Waals surface area (Å²) in [5.41, 5.74) is 0.854. The summed E-state index contributed by atoms with van der Waals surface area (Å²) in [5, 5.41) is -0.331. The normalized spacial score (nSPS) is 19.3. The second-order valence-electron chi connectivity index (χ2n) is 4.00. The van der Waals surface area contributed by atoms with Crippen molar-refractivity contribution in [1.82, 2.24) is 0 Å². The van der Waals surface area contributed by atoms with Crippen LogP contribution < -0.4 is 0 Å². The first-order valence-corrected chi connectivity index (χ1v) is 5.35. The quantitative estimate of drug-likeness (QED) is 0.527. The van der Waals surface area contributed by atoms with E-state index in [2.05, 4.69) is 4.85 Å². The van der Waals surface area contributed by atoms with Crippen LogP contribution in [-0.2, 0) is 5.54 Å². The zero-order valence-electron chi connectivity index (χ0n) is 8.43. The minimum absolute atomic E-state index is 0.301. The van der Waals surface area contributed by atoms with E-state index >= 15 is 0 Å². The van der Waals surface area contributed by atoms with Gasteiger partial charge in [0.2, 0.25) is 0 Å². The molecule has 1 aliphatic rings. The second kappa shape index (κ2) is 3.50. The number of halogens is 2. The van der Waals surface area contributed by atoms with Crippen molar-refractivity contribution in [2.24, 2.45) is 0 Å². The number of alkyl halides is 1. The largest absolute Gasteiger partial charge is 0.305 e. The Morgan fingerprint density at radius 2 is 2.20 bits per heavy atom. The van der Waals surface area contributed by atoms with Gasteiger partial charge in [-0.1, -0.05) is 12.1 Å². The Balaban J connectivity index is 2.39. The lowest BCUT2D eigenvalue weighted by molar-refractivity contribution is 0.605. The molecule has 78 valence electrons. The lowest BCUT2D eigenvalue weighted by atomic mass is 10.0. The predicted octanol–water partition coefficient (Wildman–Crippen LogP) is 4.03. The van der Waals surface area contributed by atoms with Gasteiger partial charge in [-0.05, 0) is 13.0 Å². The number of rotatable bonds is 2. The molecule has 0 N–H and O–H groups in total. The van der Waals surface area contributed by atoms with Crippen LogP contribution in [0.4, 0.5) is 4.39 Å². The van der Waals surface area contributed by atoms with Crippen LogP contribution in [0.3, 0.4) is 0 Å². The Morgan fingerprint density at radius 1 is 1.53 bits per heavy atom. The van der Waals surface area contributed by atoms with E-state index in [9.17, 15) is 4.39 Å². The summed E-state index contributed by atoms with van der Waals surface area (Å²) in [6, 6.07) is 4.97. The van der Waals surface area contributed by atoms with Crippen LogP contribution in [-0.4, -0.2) is 0 Å². The Morgan fingerprint density at radius 3 is 2.60 bits per heavy atom. The first-order chi connectivity index (χ1) is 7.09. The maximum Gasteiger partial charge on any atom is 0.258 e. The molecule has 0 spiro atoms. The minimum Gasteiger partial charge on any atom is -0.305 e. The van der Waals surface area contributed by atoms with Gasteiger partial charge in [-0.15, -0.1) is 11.6 Å². The maximum absolute atomic E-state index is 13.6. The van der Waals surface area contributed by atoms with Gasteiger partial charge in [0.25, 0.3) is 5.54 Å². The number of nitrogens with zero attached hydrogens (tertiary/aromatic N) is 1. The third-order valence-electron chi connectivity index (χ3n) is 2.90. The average Bonchev–Trinajstić information content (AvgIpc) is 2.97. The average molecular weight is 224 g/mol. The summed E-state index contributed by atoms with van der Waals surface area (Å²) in [6.07, 6.45) is 1.68. The molecule has 1 atom stereocenters. The van der Waals surface area contributed by atoms with E-state index in [1.165, 1.54) is 6.07 Å². The highest BCUT2D eigenvalue weighted by molar-refractivity contribution is 6.20. The summed E-state index contributed by atoms with van der Waals surface area (Å²) >= 11 is 5.82. The topological polar surface area (TPSA) is 4.36 Å². The third kappa shape index (κ3) is 1.72. The molecular formula is C12H11ClFN. The molecule has 1 fully saturated rings. The highest BCUT2D eigenvalue weighted by atomic mass is 35.5. The highest BCUT2D eigenvalue weighted by Crippen LogP contribution is 2.49. The summed E-state index contributed by atoms with van der Waals surface area (Å²) in [7, 11) is 0. The van der Waals surface area contributed by atoms with Crippen LogP contribution in [0, 0.1) is 12.4 Å². The van der Waals surface area contributed by atoms with Crippen molar-refractivity contribution in [3.8, 4) is 0 Å². The van der Waals surface area contributed by atoms with Gasteiger partial charge in [0.1, 0.15) is 5.82 Å². The Hall–Kier alpha value is -1.07. The van der Waals surface area contributed by atoms with Gasteiger partial charge in [0, 0.05) is 24.0 Å². The molecule has 0 heterocycles. The van der Waals surface area contributed by atoms with Crippen molar-refractivity contribution >= 4 is 11.6 Å². The van der Waals surface area contributed by atoms with E-state index < -0.39 is 5.54 Å². The van der Waals surface area contributed by atoms with Gasteiger partial charge in [-0.2, -0.15) is 0 Å². The van der Waals surface area contributed by atoms with E-state index in [4.69, 9.17) is 18.2 Å². The molecule has 3 heteroatoms. The van der Waals surface area contributed by atoms with Crippen molar-refractivity contribution in [3.05, 3.63) is 46.6 Å². The van der Waals surface area contributed by atoms with Gasteiger partial charge in [0.05, 0.1) is 5.38 Å². The molecule has 1 aromatic carbocycles. The van der Waals surface area contributed by atoms with Crippen molar-refractivity contribution < 1.29 is 4.39 Å². The third-order valence-corrected chi connectivity index (χ3v) is 3.14. The molecule has 0 saturated heterocycles. The first kappa shape index (κ1) is 10.4. The Labute approximate surface area is 93.7 Å². The lowest BCUT2D eigenvalue weighted by Gasteiger charge is -2.08. The smallest absolute Gasteiger partial charge is 0.258 e. The summed E-state index contributed by atoms with van der Waals surface area (Å²) < 4.78 is 13.6. The first-order valence-electron chi connectivity index (χ1n) is 4.92. The van der Waals surface area contributed by atoms with Crippen LogP contribution in [0.1, 0.15) is 36.3 Å². The fourth-order valence-electron chi connectivity index (χ4n) is 1.72. The minimum atomic E-state index is -0.436. The van der Waals surface area contributed by atoms with Gasteiger partial charge in [-0.25, -0.2) is 11.0 Å². The van der Waals surface area contributed by atoms with Gasteiger partial charge in [-0.3, -0.25) is 0 Å². The van der Waals surface area contributed by atoms with Gasteiger partial charge in [0.15, 0.2) is 0 Å². The van der Waals surface area contributed by atoms with Crippen LogP contribution in [0.2, 0.25) is 0 Å². The molecule has 0 radical (unpaired) electrons. The van der Waals surface area contributed by atoms with Crippen molar-refractivity contribution in [1.29, 1.82) is 0 Å². The molecule has 0 aromatic heterocycles. The molecule has 0 amide bonds. The summed E-state index contributed by atoms with van der Waals surface area (Å²) in [6.45, 7) is 8.83. The molecule has 2 rings (SSSR count).